The SMILES string of the molecule is CC(C)n1ncc2cc(C(=O)N3CCN(Cc4ccncc4)CC3)cnc21. The number of hydrogen-bond acceptors (Lipinski definition) is 5. The largest absolute Gasteiger partial charge is 0.336 e. The molecule has 4 rings (SSSR count). The van der Waals surface area contributed by atoms with Crippen molar-refractivity contribution >= 4 is 16.9 Å². The zero-order chi connectivity index (χ0) is 18.8. The molecule has 4 heterocycles. The van der Waals surface area contributed by atoms with E-state index in [1.165, 1.54) is 5.56 Å². The minimum Gasteiger partial charge on any atom is -0.336 e. The monoisotopic (exact) mass is 364 g/mol. The molecule has 7 nitrogen and oxygen atoms in total. The summed E-state index contributed by atoms with van der Waals surface area (Å²) in [4.78, 5) is 25.7. The molecule has 27 heavy (non-hydrogen) atoms. The van der Waals surface area contributed by atoms with Crippen LogP contribution in [-0.2, 0) is 6.54 Å². The number of piperazine rings is 1. The Hall–Kier alpha value is -2.80. The van der Waals surface area contributed by atoms with E-state index in [-0.39, 0.29) is 11.9 Å². The lowest BCUT2D eigenvalue weighted by Crippen LogP contribution is -2.48. The normalized spacial score (nSPS) is 15.6. The molecule has 0 radical (unpaired) electrons. The standard InChI is InChI=1S/C20H24N6O/c1-15(2)26-19-17(13-23-26)11-18(12-22-19)20(27)25-9-7-24(8-10-25)14-16-3-5-21-6-4-16/h3-6,11-13,15H,7-10,14H2,1-2H3. The molecule has 0 unspecified atom stereocenters. The van der Waals surface area contributed by atoms with Gasteiger partial charge >= 0.3 is 0 Å². The third-order valence-corrected chi connectivity index (χ3v) is 4.98. The third-order valence-electron chi connectivity index (χ3n) is 4.98. The lowest BCUT2D eigenvalue weighted by molar-refractivity contribution is 0.0628. The van der Waals surface area contributed by atoms with E-state index in [1.807, 2.05) is 40.2 Å². The highest BCUT2D eigenvalue weighted by Gasteiger charge is 2.23. The number of carbonyl (C=O) groups excluding carboxylic acids is 1. The van der Waals surface area contributed by atoms with Crippen molar-refractivity contribution in [2.45, 2.75) is 26.4 Å². The van der Waals surface area contributed by atoms with Gasteiger partial charge in [-0.15, -0.1) is 0 Å². The van der Waals surface area contributed by atoms with Crippen molar-refractivity contribution in [2.24, 2.45) is 0 Å². The molecule has 0 aromatic carbocycles. The molecule has 0 atom stereocenters. The van der Waals surface area contributed by atoms with Crippen molar-refractivity contribution < 1.29 is 4.79 Å². The van der Waals surface area contributed by atoms with Crippen LogP contribution in [0.25, 0.3) is 11.0 Å². The van der Waals surface area contributed by atoms with Crippen LogP contribution in [-0.4, -0.2) is 61.6 Å². The first kappa shape index (κ1) is 17.6. The second kappa shape index (κ2) is 7.44. The molecule has 140 valence electrons. The van der Waals surface area contributed by atoms with Crippen LogP contribution in [0.5, 0.6) is 0 Å². The van der Waals surface area contributed by atoms with Crippen LogP contribution in [0.1, 0.15) is 35.8 Å². The highest BCUT2D eigenvalue weighted by atomic mass is 16.2. The number of carbonyl (C=O) groups is 1. The maximum atomic E-state index is 12.9. The zero-order valence-electron chi connectivity index (χ0n) is 15.7. The lowest BCUT2D eigenvalue weighted by atomic mass is 10.2. The predicted octanol–water partition coefficient (Wildman–Crippen LogP) is 2.37. The van der Waals surface area contributed by atoms with Crippen molar-refractivity contribution in [1.82, 2.24) is 29.5 Å². The van der Waals surface area contributed by atoms with Gasteiger partial charge in [-0.25, -0.2) is 9.67 Å². The minimum atomic E-state index is 0.0465. The van der Waals surface area contributed by atoms with Crippen LogP contribution in [0.3, 0.4) is 0 Å². The van der Waals surface area contributed by atoms with Crippen molar-refractivity contribution in [3.05, 3.63) is 54.1 Å². The number of rotatable bonds is 4. The summed E-state index contributed by atoms with van der Waals surface area (Å²) in [6.45, 7) is 8.23. The minimum absolute atomic E-state index is 0.0465. The second-order valence-corrected chi connectivity index (χ2v) is 7.24. The Morgan fingerprint density at radius 1 is 1.11 bits per heavy atom. The average molecular weight is 364 g/mol. The summed E-state index contributed by atoms with van der Waals surface area (Å²) in [5.41, 5.74) is 2.71. The van der Waals surface area contributed by atoms with Gasteiger partial charge in [0, 0.05) is 62.7 Å². The Morgan fingerprint density at radius 2 is 1.85 bits per heavy atom. The zero-order valence-corrected chi connectivity index (χ0v) is 15.7. The molecule has 3 aromatic rings. The molecular formula is C20H24N6O. The summed E-state index contributed by atoms with van der Waals surface area (Å²) in [5.74, 6) is 0.0465. The summed E-state index contributed by atoms with van der Waals surface area (Å²) in [6.07, 6.45) is 7.10. The molecule has 3 aromatic heterocycles. The number of fused-ring (bicyclic) bond motifs is 1. The molecule has 1 aliphatic heterocycles. The van der Waals surface area contributed by atoms with E-state index in [0.717, 1.165) is 43.8 Å². The maximum Gasteiger partial charge on any atom is 0.255 e. The number of aromatic nitrogens is 4. The lowest BCUT2D eigenvalue weighted by Gasteiger charge is -2.34. The van der Waals surface area contributed by atoms with Gasteiger partial charge in [-0.1, -0.05) is 0 Å². The quantitative estimate of drug-likeness (QED) is 0.711. The molecule has 1 fully saturated rings. The van der Waals surface area contributed by atoms with Crippen molar-refractivity contribution in [3.8, 4) is 0 Å². The summed E-state index contributed by atoms with van der Waals surface area (Å²) >= 11 is 0. The molecular weight excluding hydrogens is 340 g/mol. The fourth-order valence-corrected chi connectivity index (χ4v) is 3.47. The average Bonchev–Trinajstić information content (AvgIpc) is 3.12. The fraction of sp³-hybridized carbons (Fsp3) is 0.400. The number of nitrogens with zero attached hydrogens (tertiary/aromatic N) is 6. The Morgan fingerprint density at radius 3 is 2.56 bits per heavy atom. The van der Waals surface area contributed by atoms with Crippen LogP contribution in [0.2, 0.25) is 0 Å². The summed E-state index contributed by atoms with van der Waals surface area (Å²) in [5, 5.41) is 5.28. The first-order valence-corrected chi connectivity index (χ1v) is 9.35. The summed E-state index contributed by atoms with van der Waals surface area (Å²) < 4.78 is 1.88. The molecule has 1 aliphatic rings. The summed E-state index contributed by atoms with van der Waals surface area (Å²) in [7, 11) is 0. The van der Waals surface area contributed by atoms with Crippen LogP contribution in [0.15, 0.2) is 43.0 Å². The van der Waals surface area contributed by atoms with Gasteiger partial charge in [-0.05, 0) is 37.6 Å². The van der Waals surface area contributed by atoms with Gasteiger partial charge in [0.25, 0.3) is 5.91 Å². The fourth-order valence-electron chi connectivity index (χ4n) is 3.47. The van der Waals surface area contributed by atoms with Gasteiger partial charge in [0.2, 0.25) is 0 Å². The number of pyridine rings is 2. The van der Waals surface area contributed by atoms with Crippen LogP contribution < -0.4 is 0 Å². The van der Waals surface area contributed by atoms with E-state index in [0.29, 0.717) is 5.56 Å². The highest BCUT2D eigenvalue weighted by molar-refractivity contribution is 5.96. The van der Waals surface area contributed by atoms with Crippen LogP contribution in [0.4, 0.5) is 0 Å². The van der Waals surface area contributed by atoms with Gasteiger partial charge in [-0.3, -0.25) is 14.7 Å². The van der Waals surface area contributed by atoms with Gasteiger partial charge in [-0.2, -0.15) is 5.10 Å². The predicted molar refractivity (Wildman–Crippen MR) is 103 cm³/mol. The van der Waals surface area contributed by atoms with Gasteiger partial charge in [0.15, 0.2) is 5.65 Å². The molecule has 0 saturated carbocycles. The van der Waals surface area contributed by atoms with E-state index in [2.05, 4.69) is 33.8 Å². The maximum absolute atomic E-state index is 12.9. The van der Waals surface area contributed by atoms with E-state index in [1.54, 1.807) is 12.4 Å². The molecule has 0 N–H and O–H groups in total. The smallest absolute Gasteiger partial charge is 0.255 e. The Bertz CT molecular complexity index is 928. The Kier molecular flexibility index (Phi) is 4.85. The van der Waals surface area contributed by atoms with E-state index in [9.17, 15) is 4.79 Å². The van der Waals surface area contributed by atoms with Crippen LogP contribution in [0, 0.1) is 0 Å². The molecule has 7 heteroatoms. The third kappa shape index (κ3) is 3.68. The van der Waals surface area contributed by atoms with E-state index < -0.39 is 0 Å². The van der Waals surface area contributed by atoms with Gasteiger partial charge in [0.1, 0.15) is 0 Å². The number of amides is 1. The van der Waals surface area contributed by atoms with Crippen LogP contribution >= 0.6 is 0 Å². The van der Waals surface area contributed by atoms with Gasteiger partial charge < -0.3 is 4.90 Å². The molecule has 1 amide bonds. The second-order valence-electron chi connectivity index (χ2n) is 7.24. The Balaban J connectivity index is 1.41. The first-order valence-electron chi connectivity index (χ1n) is 9.35. The highest BCUT2D eigenvalue weighted by Crippen LogP contribution is 2.18. The van der Waals surface area contributed by atoms with E-state index >= 15 is 0 Å². The van der Waals surface area contributed by atoms with Crippen molar-refractivity contribution in [3.63, 3.8) is 0 Å². The topological polar surface area (TPSA) is 67.2 Å². The molecule has 1 saturated heterocycles. The Labute approximate surface area is 158 Å². The molecule has 0 aliphatic carbocycles. The summed E-state index contributed by atoms with van der Waals surface area (Å²) in [6, 6.07) is 6.22. The molecule has 0 bridgehead atoms. The van der Waals surface area contributed by atoms with Gasteiger partial charge in [0.05, 0.1) is 11.8 Å². The van der Waals surface area contributed by atoms with Crippen molar-refractivity contribution in [1.29, 1.82) is 0 Å². The van der Waals surface area contributed by atoms with Crippen molar-refractivity contribution in [2.75, 3.05) is 26.2 Å². The molecule has 0 spiro atoms. The van der Waals surface area contributed by atoms with E-state index in [4.69, 9.17) is 0 Å². The number of hydrogen-bond donors (Lipinski definition) is 0. The first-order chi connectivity index (χ1) is 13.1.